The van der Waals surface area contributed by atoms with Crippen molar-refractivity contribution in [2.75, 3.05) is 18.8 Å². The van der Waals surface area contributed by atoms with Crippen LogP contribution in [-0.2, 0) is 0 Å². The molecule has 1 aromatic carbocycles. The number of amides is 1. The maximum Gasteiger partial charge on any atom is 0.278 e. The lowest BCUT2D eigenvalue weighted by atomic mass is 10.3. The van der Waals surface area contributed by atoms with Gasteiger partial charge >= 0.3 is 0 Å². The predicted molar refractivity (Wildman–Crippen MR) is 75.9 cm³/mol. The van der Waals surface area contributed by atoms with E-state index >= 15 is 0 Å². The molecule has 2 aromatic rings. The number of rotatable bonds is 2. The molecular weight excluding hydrogens is 278 g/mol. The Morgan fingerprint density at radius 3 is 2.50 bits per heavy atom. The van der Waals surface area contributed by atoms with Crippen molar-refractivity contribution in [2.45, 2.75) is 12.8 Å². The van der Waals surface area contributed by atoms with Gasteiger partial charge < -0.3 is 10.6 Å². The third kappa shape index (κ3) is 2.22. The zero-order valence-corrected chi connectivity index (χ0v) is 11.5. The van der Waals surface area contributed by atoms with Crippen molar-refractivity contribution in [3.63, 3.8) is 0 Å². The van der Waals surface area contributed by atoms with Gasteiger partial charge in [0.05, 0.1) is 5.69 Å². The molecule has 0 saturated carbocycles. The Hall–Kier alpha value is -2.08. The molecule has 2 heterocycles. The first kappa shape index (κ1) is 12.9. The number of carbonyl (C=O) groups excluding carboxylic acids is 1. The third-order valence-electron chi connectivity index (χ3n) is 3.37. The number of aromatic nitrogens is 3. The highest BCUT2D eigenvalue weighted by molar-refractivity contribution is 6.30. The van der Waals surface area contributed by atoms with Gasteiger partial charge in [-0.15, -0.1) is 5.10 Å². The van der Waals surface area contributed by atoms with Crippen molar-refractivity contribution >= 4 is 23.3 Å². The molecule has 104 valence electrons. The first-order valence-electron chi connectivity index (χ1n) is 6.43. The van der Waals surface area contributed by atoms with E-state index in [0.717, 1.165) is 31.6 Å². The van der Waals surface area contributed by atoms with Gasteiger partial charge in [0, 0.05) is 18.1 Å². The monoisotopic (exact) mass is 291 g/mol. The second-order valence-electron chi connectivity index (χ2n) is 4.71. The van der Waals surface area contributed by atoms with Gasteiger partial charge in [-0.3, -0.25) is 4.79 Å². The van der Waals surface area contributed by atoms with E-state index in [1.54, 1.807) is 29.2 Å². The summed E-state index contributed by atoms with van der Waals surface area (Å²) >= 11 is 5.84. The van der Waals surface area contributed by atoms with Gasteiger partial charge in [0.1, 0.15) is 0 Å². The van der Waals surface area contributed by atoms with Crippen molar-refractivity contribution < 1.29 is 4.79 Å². The summed E-state index contributed by atoms with van der Waals surface area (Å²) in [6.45, 7) is 1.51. The standard InChI is InChI=1S/C13H14ClN5O/c14-9-3-5-10(6-4-9)19-12(15)11(16-17-19)13(20)18-7-1-2-8-18/h3-6H,1-2,7-8,15H2. The molecule has 0 unspecified atom stereocenters. The SMILES string of the molecule is Nc1c(C(=O)N2CCCC2)nnn1-c1ccc(Cl)cc1. The van der Waals surface area contributed by atoms with Crippen LogP contribution in [0, 0.1) is 0 Å². The highest BCUT2D eigenvalue weighted by Gasteiger charge is 2.25. The quantitative estimate of drug-likeness (QED) is 0.914. The van der Waals surface area contributed by atoms with Gasteiger partial charge in [0.25, 0.3) is 5.91 Å². The minimum Gasteiger partial charge on any atom is -0.382 e. The molecule has 0 radical (unpaired) electrons. The molecule has 1 aliphatic rings. The van der Waals surface area contributed by atoms with Crippen LogP contribution in [0.5, 0.6) is 0 Å². The van der Waals surface area contributed by atoms with E-state index in [9.17, 15) is 4.79 Å². The molecule has 1 aliphatic heterocycles. The van der Waals surface area contributed by atoms with Gasteiger partial charge in [-0.2, -0.15) is 4.68 Å². The van der Waals surface area contributed by atoms with Gasteiger partial charge in [0.15, 0.2) is 11.5 Å². The van der Waals surface area contributed by atoms with Crippen molar-refractivity contribution in [2.24, 2.45) is 0 Å². The zero-order chi connectivity index (χ0) is 14.1. The minimum atomic E-state index is -0.153. The highest BCUT2D eigenvalue weighted by atomic mass is 35.5. The number of nitrogens with two attached hydrogens (primary N) is 1. The summed E-state index contributed by atoms with van der Waals surface area (Å²) in [5, 5.41) is 8.51. The number of likely N-dealkylation sites (tertiary alicyclic amines) is 1. The van der Waals surface area contributed by atoms with Crippen LogP contribution < -0.4 is 5.73 Å². The summed E-state index contributed by atoms with van der Waals surface area (Å²) < 4.78 is 1.44. The Bertz CT molecular complexity index is 631. The fourth-order valence-corrected chi connectivity index (χ4v) is 2.41. The molecule has 3 rings (SSSR count). The van der Waals surface area contributed by atoms with Crippen LogP contribution in [0.4, 0.5) is 5.82 Å². The maximum atomic E-state index is 12.3. The number of halogens is 1. The molecule has 1 fully saturated rings. The number of anilines is 1. The summed E-state index contributed by atoms with van der Waals surface area (Å²) in [7, 11) is 0. The molecular formula is C13H14ClN5O. The van der Waals surface area contributed by atoms with E-state index in [1.165, 1.54) is 4.68 Å². The van der Waals surface area contributed by atoms with Crippen LogP contribution in [0.25, 0.3) is 5.69 Å². The Kier molecular flexibility index (Phi) is 3.31. The van der Waals surface area contributed by atoms with E-state index < -0.39 is 0 Å². The van der Waals surface area contributed by atoms with Crippen molar-refractivity contribution in [1.29, 1.82) is 0 Å². The highest BCUT2D eigenvalue weighted by Crippen LogP contribution is 2.20. The van der Waals surface area contributed by atoms with E-state index in [0.29, 0.717) is 5.02 Å². The number of nitrogen functional groups attached to an aromatic ring is 1. The molecule has 0 spiro atoms. The molecule has 0 atom stereocenters. The number of carbonyl (C=O) groups is 1. The second-order valence-corrected chi connectivity index (χ2v) is 5.15. The predicted octanol–water partition coefficient (Wildman–Crippen LogP) is 1.74. The number of hydrogen-bond acceptors (Lipinski definition) is 4. The first-order chi connectivity index (χ1) is 9.66. The van der Waals surface area contributed by atoms with Crippen molar-refractivity contribution in [1.82, 2.24) is 19.9 Å². The van der Waals surface area contributed by atoms with Crippen molar-refractivity contribution in [3.8, 4) is 5.69 Å². The average molecular weight is 292 g/mol. The third-order valence-corrected chi connectivity index (χ3v) is 3.62. The number of nitrogens with zero attached hydrogens (tertiary/aromatic N) is 4. The average Bonchev–Trinajstić information content (AvgIpc) is 3.09. The fraction of sp³-hybridized carbons (Fsp3) is 0.308. The van der Waals surface area contributed by atoms with Crippen LogP contribution in [0.2, 0.25) is 5.02 Å². The van der Waals surface area contributed by atoms with Gasteiger partial charge in [0.2, 0.25) is 0 Å². The summed E-state index contributed by atoms with van der Waals surface area (Å²) in [6, 6.07) is 7.02. The maximum absolute atomic E-state index is 12.3. The summed E-state index contributed by atoms with van der Waals surface area (Å²) in [5.41, 5.74) is 6.93. The second kappa shape index (κ2) is 5.13. The summed E-state index contributed by atoms with van der Waals surface area (Å²) in [6.07, 6.45) is 2.05. The lowest BCUT2D eigenvalue weighted by Crippen LogP contribution is -2.28. The zero-order valence-electron chi connectivity index (χ0n) is 10.8. The minimum absolute atomic E-state index is 0.153. The normalized spacial score (nSPS) is 14.8. The molecule has 1 saturated heterocycles. The number of hydrogen-bond donors (Lipinski definition) is 1. The fourth-order valence-electron chi connectivity index (χ4n) is 2.28. The molecule has 6 nitrogen and oxygen atoms in total. The molecule has 0 bridgehead atoms. The Labute approximate surface area is 121 Å². The van der Waals surface area contributed by atoms with Crippen LogP contribution in [-0.4, -0.2) is 38.9 Å². The van der Waals surface area contributed by atoms with E-state index in [2.05, 4.69) is 10.3 Å². The molecule has 7 heteroatoms. The van der Waals surface area contributed by atoms with Crippen LogP contribution in [0.3, 0.4) is 0 Å². The van der Waals surface area contributed by atoms with Gasteiger partial charge in [-0.25, -0.2) is 0 Å². The van der Waals surface area contributed by atoms with Crippen LogP contribution in [0.15, 0.2) is 24.3 Å². The van der Waals surface area contributed by atoms with Crippen molar-refractivity contribution in [3.05, 3.63) is 35.0 Å². The molecule has 1 aromatic heterocycles. The largest absolute Gasteiger partial charge is 0.382 e. The molecule has 0 aliphatic carbocycles. The summed E-state index contributed by atoms with van der Waals surface area (Å²) in [4.78, 5) is 14.0. The van der Waals surface area contributed by atoms with Crippen LogP contribution >= 0.6 is 11.6 Å². The first-order valence-corrected chi connectivity index (χ1v) is 6.81. The smallest absolute Gasteiger partial charge is 0.278 e. The van der Waals surface area contributed by atoms with E-state index in [-0.39, 0.29) is 17.4 Å². The molecule has 2 N–H and O–H groups in total. The lowest BCUT2D eigenvalue weighted by Gasteiger charge is -2.13. The summed E-state index contributed by atoms with van der Waals surface area (Å²) in [5.74, 6) is 0.101. The Morgan fingerprint density at radius 2 is 1.85 bits per heavy atom. The van der Waals surface area contributed by atoms with E-state index in [1.807, 2.05) is 0 Å². The van der Waals surface area contributed by atoms with Gasteiger partial charge in [-0.1, -0.05) is 16.8 Å². The lowest BCUT2D eigenvalue weighted by molar-refractivity contribution is 0.0788. The van der Waals surface area contributed by atoms with Gasteiger partial charge in [-0.05, 0) is 37.1 Å². The molecule has 1 amide bonds. The molecule has 20 heavy (non-hydrogen) atoms. The Morgan fingerprint density at radius 1 is 1.20 bits per heavy atom. The Balaban J connectivity index is 1.92. The number of benzene rings is 1. The van der Waals surface area contributed by atoms with Crippen LogP contribution in [0.1, 0.15) is 23.3 Å². The topological polar surface area (TPSA) is 77.0 Å². The van der Waals surface area contributed by atoms with E-state index in [4.69, 9.17) is 17.3 Å².